The number of ketones is 1. The summed E-state index contributed by atoms with van der Waals surface area (Å²) in [6, 6.07) is 4.85. The molecule has 0 aliphatic carbocycles. The Hall–Kier alpha value is -2.70. The number of hydrogen-bond donors (Lipinski definition) is 1. The van der Waals surface area contributed by atoms with Crippen molar-refractivity contribution < 1.29 is 23.9 Å². The van der Waals surface area contributed by atoms with Gasteiger partial charge in [0.05, 0.1) is 0 Å². The number of urea groups is 1. The molecule has 1 aromatic rings. The van der Waals surface area contributed by atoms with Gasteiger partial charge in [0.15, 0.2) is 6.61 Å². The van der Waals surface area contributed by atoms with Crippen LogP contribution in [0.4, 0.5) is 4.79 Å². The molecule has 27 heavy (non-hydrogen) atoms. The molecule has 2 rings (SSSR count). The fourth-order valence-corrected chi connectivity index (χ4v) is 3.03. The highest BCUT2D eigenvalue weighted by atomic mass is 16.5. The standard InChI is InChI=1S/C20H26N2O5/c1-5-6-9-20(4)18(25)22(19(26)21-20)11-17(24)27-12-16(23)15-10-13(2)7-8-14(15)3/h7-8,10H,5-6,9,11-12H2,1-4H3,(H,21,26)/t20-/m0/s1. The van der Waals surface area contributed by atoms with Gasteiger partial charge < -0.3 is 10.1 Å². The number of unbranched alkanes of at least 4 members (excludes halogenated alkanes) is 1. The number of rotatable bonds is 8. The summed E-state index contributed by atoms with van der Waals surface area (Å²) in [5.74, 6) is -1.56. The second-order valence-corrected chi connectivity index (χ2v) is 7.16. The smallest absolute Gasteiger partial charge is 0.326 e. The number of nitrogens with one attached hydrogen (secondary N) is 1. The van der Waals surface area contributed by atoms with E-state index in [1.807, 2.05) is 26.0 Å². The number of Topliss-reactive ketones (excluding diaryl/α,β-unsaturated/α-hetero) is 1. The summed E-state index contributed by atoms with van der Waals surface area (Å²) >= 11 is 0. The average molecular weight is 374 g/mol. The van der Waals surface area contributed by atoms with Gasteiger partial charge in [-0.1, -0.05) is 37.5 Å². The number of aryl methyl sites for hydroxylation is 2. The van der Waals surface area contributed by atoms with Crippen LogP contribution in [0.2, 0.25) is 0 Å². The van der Waals surface area contributed by atoms with E-state index in [2.05, 4.69) is 5.32 Å². The van der Waals surface area contributed by atoms with Crippen molar-refractivity contribution in [2.75, 3.05) is 13.2 Å². The van der Waals surface area contributed by atoms with Crippen molar-refractivity contribution in [2.45, 2.75) is 52.5 Å². The van der Waals surface area contributed by atoms with Crippen LogP contribution in [0.25, 0.3) is 0 Å². The number of ether oxygens (including phenoxy) is 1. The minimum Gasteiger partial charge on any atom is -0.456 e. The molecule has 1 N–H and O–H groups in total. The first kappa shape index (κ1) is 20.6. The van der Waals surface area contributed by atoms with Crippen LogP contribution >= 0.6 is 0 Å². The lowest BCUT2D eigenvalue weighted by atomic mass is 9.95. The molecule has 1 aliphatic heterocycles. The Labute approximate surface area is 159 Å². The van der Waals surface area contributed by atoms with Crippen LogP contribution in [-0.4, -0.2) is 47.3 Å². The van der Waals surface area contributed by atoms with Crippen LogP contribution in [-0.2, 0) is 14.3 Å². The van der Waals surface area contributed by atoms with Crippen molar-refractivity contribution in [3.05, 3.63) is 34.9 Å². The third kappa shape index (κ3) is 4.72. The highest BCUT2D eigenvalue weighted by molar-refractivity contribution is 6.08. The minimum absolute atomic E-state index is 0.325. The summed E-state index contributed by atoms with van der Waals surface area (Å²) in [4.78, 5) is 49.7. The molecule has 0 bridgehead atoms. The fraction of sp³-hybridized carbons (Fsp3) is 0.500. The number of amides is 3. The molecule has 0 spiro atoms. The Kier molecular flexibility index (Phi) is 6.36. The molecule has 0 unspecified atom stereocenters. The zero-order valence-corrected chi connectivity index (χ0v) is 16.3. The van der Waals surface area contributed by atoms with Gasteiger partial charge in [-0.15, -0.1) is 0 Å². The molecule has 0 saturated carbocycles. The van der Waals surface area contributed by atoms with E-state index < -0.39 is 36.6 Å². The second-order valence-electron chi connectivity index (χ2n) is 7.16. The van der Waals surface area contributed by atoms with Crippen molar-refractivity contribution in [3.8, 4) is 0 Å². The van der Waals surface area contributed by atoms with Gasteiger partial charge in [-0.3, -0.25) is 19.3 Å². The second kappa shape index (κ2) is 8.33. The highest BCUT2D eigenvalue weighted by Gasteiger charge is 2.47. The first-order valence-electron chi connectivity index (χ1n) is 9.08. The van der Waals surface area contributed by atoms with Crippen LogP contribution in [0.15, 0.2) is 18.2 Å². The number of imide groups is 1. The number of carbonyl (C=O) groups excluding carboxylic acids is 4. The maximum atomic E-state index is 12.5. The molecule has 7 nitrogen and oxygen atoms in total. The topological polar surface area (TPSA) is 92.8 Å². The average Bonchev–Trinajstić information content (AvgIpc) is 2.83. The van der Waals surface area contributed by atoms with Gasteiger partial charge in [0, 0.05) is 5.56 Å². The molecule has 7 heteroatoms. The van der Waals surface area contributed by atoms with Crippen molar-refractivity contribution in [1.29, 1.82) is 0 Å². The van der Waals surface area contributed by atoms with Crippen molar-refractivity contribution >= 4 is 23.7 Å². The summed E-state index contributed by atoms with van der Waals surface area (Å²) < 4.78 is 5.00. The molecule has 3 amide bonds. The van der Waals surface area contributed by atoms with Crippen molar-refractivity contribution in [3.63, 3.8) is 0 Å². The summed E-state index contributed by atoms with van der Waals surface area (Å²) in [5, 5.41) is 2.64. The van der Waals surface area contributed by atoms with Gasteiger partial charge in [-0.2, -0.15) is 0 Å². The van der Waals surface area contributed by atoms with Crippen molar-refractivity contribution in [1.82, 2.24) is 10.2 Å². The highest BCUT2D eigenvalue weighted by Crippen LogP contribution is 2.23. The molecule has 1 aromatic carbocycles. The Morgan fingerprint density at radius 1 is 1.22 bits per heavy atom. The first-order chi connectivity index (χ1) is 12.7. The number of benzene rings is 1. The summed E-state index contributed by atoms with van der Waals surface area (Å²) in [6.45, 7) is 6.38. The summed E-state index contributed by atoms with van der Waals surface area (Å²) in [6.07, 6.45) is 2.18. The van der Waals surface area contributed by atoms with Gasteiger partial charge >= 0.3 is 12.0 Å². The Bertz CT molecular complexity index is 774. The molecular formula is C20H26N2O5. The van der Waals surface area contributed by atoms with E-state index >= 15 is 0 Å². The largest absolute Gasteiger partial charge is 0.456 e. The van der Waals surface area contributed by atoms with Crippen LogP contribution in [0.5, 0.6) is 0 Å². The van der Waals surface area contributed by atoms with E-state index in [0.29, 0.717) is 12.0 Å². The molecule has 1 heterocycles. The molecule has 1 atom stereocenters. The van der Waals surface area contributed by atoms with E-state index in [4.69, 9.17) is 4.74 Å². The lowest BCUT2D eigenvalue weighted by Crippen LogP contribution is -2.44. The number of carbonyl (C=O) groups is 4. The van der Waals surface area contributed by atoms with Gasteiger partial charge in [0.25, 0.3) is 5.91 Å². The first-order valence-corrected chi connectivity index (χ1v) is 9.08. The Morgan fingerprint density at radius 2 is 1.93 bits per heavy atom. The molecule has 1 aliphatic rings. The Balaban J connectivity index is 1.94. The van der Waals surface area contributed by atoms with Crippen LogP contribution in [0.1, 0.15) is 54.6 Å². The quantitative estimate of drug-likeness (QED) is 0.429. The van der Waals surface area contributed by atoms with E-state index in [-0.39, 0.29) is 5.78 Å². The molecule has 1 fully saturated rings. The minimum atomic E-state index is -0.998. The van der Waals surface area contributed by atoms with Crippen LogP contribution in [0.3, 0.4) is 0 Å². The molecule has 146 valence electrons. The zero-order valence-electron chi connectivity index (χ0n) is 16.3. The lowest BCUT2D eigenvalue weighted by molar-refractivity contribution is -0.146. The van der Waals surface area contributed by atoms with E-state index in [9.17, 15) is 19.2 Å². The number of hydrogen-bond acceptors (Lipinski definition) is 5. The van der Waals surface area contributed by atoms with Crippen LogP contribution < -0.4 is 5.32 Å². The third-order valence-electron chi connectivity index (χ3n) is 4.72. The molecular weight excluding hydrogens is 348 g/mol. The lowest BCUT2D eigenvalue weighted by Gasteiger charge is -2.21. The van der Waals surface area contributed by atoms with E-state index in [0.717, 1.165) is 28.9 Å². The maximum absolute atomic E-state index is 12.5. The van der Waals surface area contributed by atoms with Gasteiger partial charge in [-0.25, -0.2) is 4.79 Å². The summed E-state index contributed by atoms with van der Waals surface area (Å²) in [7, 11) is 0. The third-order valence-corrected chi connectivity index (χ3v) is 4.72. The molecule has 1 saturated heterocycles. The maximum Gasteiger partial charge on any atom is 0.326 e. The predicted octanol–water partition coefficient (Wildman–Crippen LogP) is 2.53. The van der Waals surface area contributed by atoms with Gasteiger partial charge in [0.2, 0.25) is 5.78 Å². The molecule has 0 radical (unpaired) electrons. The zero-order chi connectivity index (χ0) is 20.2. The summed E-state index contributed by atoms with van der Waals surface area (Å²) in [5.41, 5.74) is 1.22. The molecule has 0 aromatic heterocycles. The van der Waals surface area contributed by atoms with Crippen molar-refractivity contribution in [2.24, 2.45) is 0 Å². The predicted molar refractivity (Wildman–Crippen MR) is 99.4 cm³/mol. The SMILES string of the molecule is CCCC[C@]1(C)NC(=O)N(CC(=O)OCC(=O)c2cc(C)ccc2C)C1=O. The Morgan fingerprint density at radius 3 is 2.59 bits per heavy atom. The van der Waals surface area contributed by atoms with Gasteiger partial charge in [0.1, 0.15) is 12.1 Å². The fourth-order valence-electron chi connectivity index (χ4n) is 3.03. The van der Waals surface area contributed by atoms with E-state index in [1.165, 1.54) is 0 Å². The monoisotopic (exact) mass is 374 g/mol. The normalized spacial score (nSPS) is 19.2. The number of nitrogens with zero attached hydrogens (tertiary/aromatic N) is 1. The van der Waals surface area contributed by atoms with E-state index in [1.54, 1.807) is 19.9 Å². The van der Waals surface area contributed by atoms with Gasteiger partial charge in [-0.05, 0) is 38.8 Å². The number of esters is 1. The van der Waals surface area contributed by atoms with Crippen LogP contribution in [0, 0.1) is 13.8 Å².